The molecular weight excluding hydrogens is 622 g/mol. The van der Waals surface area contributed by atoms with Crippen LogP contribution in [0.2, 0.25) is 5.02 Å². The van der Waals surface area contributed by atoms with Gasteiger partial charge in [-0.2, -0.15) is 0 Å². The lowest BCUT2D eigenvalue weighted by Crippen LogP contribution is -2.54. The molecule has 0 spiro atoms. The van der Waals surface area contributed by atoms with Crippen LogP contribution in [0.15, 0.2) is 108 Å². The third kappa shape index (κ3) is 8.89. The van der Waals surface area contributed by atoms with E-state index in [1.807, 2.05) is 51.1 Å². The molecular formula is C36H40ClN3O5S. The number of amides is 2. The Labute approximate surface area is 277 Å². The van der Waals surface area contributed by atoms with E-state index in [1.165, 1.54) is 17.0 Å². The van der Waals surface area contributed by atoms with Crippen molar-refractivity contribution >= 4 is 39.1 Å². The number of aryl methyl sites for hydroxylation is 1. The normalized spacial score (nSPS) is 12.0. The molecule has 4 aromatic carbocycles. The van der Waals surface area contributed by atoms with Gasteiger partial charge >= 0.3 is 0 Å². The van der Waals surface area contributed by atoms with Gasteiger partial charge in [0.25, 0.3) is 10.0 Å². The van der Waals surface area contributed by atoms with Gasteiger partial charge in [0.15, 0.2) is 0 Å². The van der Waals surface area contributed by atoms with Crippen molar-refractivity contribution in [2.24, 2.45) is 0 Å². The second kappa shape index (κ2) is 15.8. The maximum atomic E-state index is 14.6. The molecule has 1 atom stereocenters. The third-order valence-corrected chi connectivity index (χ3v) is 9.32. The van der Waals surface area contributed by atoms with Crippen molar-refractivity contribution in [2.75, 3.05) is 17.5 Å². The quantitative estimate of drug-likeness (QED) is 0.169. The average molecular weight is 662 g/mol. The molecule has 0 aliphatic heterocycles. The van der Waals surface area contributed by atoms with E-state index in [0.29, 0.717) is 17.4 Å². The zero-order valence-electron chi connectivity index (χ0n) is 26.5. The standard InChI is InChI=1S/C36H40ClN3O5S/c1-5-45-34-14-10-9-13-32(34)40(46(43,44)31-21-15-27(4)16-22-31)25-35(41)39(24-29-17-19-30(37)20-18-29)33(36(42)38-26(2)3)23-28-11-7-6-8-12-28/h6-22,26,33H,5,23-25H2,1-4H3,(H,38,42)/t33-/m1/s1. The molecule has 0 unspecified atom stereocenters. The van der Waals surface area contributed by atoms with Crippen molar-refractivity contribution < 1.29 is 22.7 Å². The van der Waals surface area contributed by atoms with Crippen LogP contribution in [0, 0.1) is 6.92 Å². The SMILES string of the molecule is CCOc1ccccc1N(CC(=O)N(Cc1ccc(Cl)cc1)[C@H](Cc1ccccc1)C(=O)NC(C)C)S(=O)(=O)c1ccc(C)cc1. The van der Waals surface area contributed by atoms with Crippen molar-refractivity contribution in [3.63, 3.8) is 0 Å². The first kappa shape index (κ1) is 34.5. The van der Waals surface area contributed by atoms with Crippen LogP contribution in [0.5, 0.6) is 5.75 Å². The zero-order chi connectivity index (χ0) is 33.3. The summed E-state index contributed by atoms with van der Waals surface area (Å²) in [4.78, 5) is 29.9. The lowest BCUT2D eigenvalue weighted by molar-refractivity contribution is -0.140. The molecule has 0 aromatic heterocycles. The van der Waals surface area contributed by atoms with Crippen LogP contribution < -0.4 is 14.4 Å². The van der Waals surface area contributed by atoms with Crippen molar-refractivity contribution in [2.45, 2.75) is 57.6 Å². The molecule has 10 heteroatoms. The van der Waals surface area contributed by atoms with Crippen molar-refractivity contribution in [3.8, 4) is 5.75 Å². The van der Waals surface area contributed by atoms with Crippen molar-refractivity contribution in [1.29, 1.82) is 0 Å². The first-order chi connectivity index (χ1) is 22.0. The van der Waals surface area contributed by atoms with E-state index < -0.39 is 28.5 Å². The highest BCUT2D eigenvalue weighted by molar-refractivity contribution is 7.92. The number of carbonyl (C=O) groups excluding carboxylic acids is 2. The van der Waals surface area contributed by atoms with Crippen LogP contribution in [0.3, 0.4) is 0 Å². The summed E-state index contributed by atoms with van der Waals surface area (Å²) in [5, 5.41) is 3.49. The molecule has 0 radical (unpaired) electrons. The number of sulfonamides is 1. The van der Waals surface area contributed by atoms with Gasteiger partial charge in [-0.1, -0.05) is 83.9 Å². The van der Waals surface area contributed by atoms with Crippen LogP contribution in [-0.2, 0) is 32.6 Å². The molecule has 46 heavy (non-hydrogen) atoms. The van der Waals surface area contributed by atoms with Crippen molar-refractivity contribution in [1.82, 2.24) is 10.2 Å². The highest BCUT2D eigenvalue weighted by Crippen LogP contribution is 2.33. The Bertz CT molecular complexity index is 1710. The number of benzene rings is 4. The van der Waals surface area contributed by atoms with Crippen LogP contribution in [0.1, 0.15) is 37.5 Å². The molecule has 0 bridgehead atoms. The molecule has 8 nitrogen and oxygen atoms in total. The minimum Gasteiger partial charge on any atom is -0.492 e. The molecule has 242 valence electrons. The largest absolute Gasteiger partial charge is 0.492 e. The fourth-order valence-electron chi connectivity index (χ4n) is 5.01. The number of rotatable bonds is 14. The summed E-state index contributed by atoms with van der Waals surface area (Å²) in [6.07, 6.45) is 0.221. The minimum atomic E-state index is -4.25. The first-order valence-electron chi connectivity index (χ1n) is 15.2. The van der Waals surface area contributed by atoms with Gasteiger partial charge in [-0.25, -0.2) is 8.42 Å². The summed E-state index contributed by atoms with van der Waals surface area (Å²) in [5.74, 6) is -0.586. The Morgan fingerprint density at radius 2 is 1.48 bits per heavy atom. The zero-order valence-corrected chi connectivity index (χ0v) is 28.1. The Kier molecular flexibility index (Phi) is 11.8. The highest BCUT2D eigenvalue weighted by Gasteiger charge is 2.35. The Morgan fingerprint density at radius 1 is 0.848 bits per heavy atom. The van der Waals surface area contributed by atoms with E-state index in [0.717, 1.165) is 21.0 Å². The topological polar surface area (TPSA) is 96.0 Å². The summed E-state index contributed by atoms with van der Waals surface area (Å²) >= 11 is 6.15. The molecule has 1 N–H and O–H groups in total. The molecule has 2 amide bonds. The monoisotopic (exact) mass is 661 g/mol. The highest BCUT2D eigenvalue weighted by atomic mass is 35.5. The van der Waals surface area contributed by atoms with Crippen LogP contribution in [0.25, 0.3) is 0 Å². The van der Waals surface area contributed by atoms with E-state index in [-0.39, 0.29) is 35.5 Å². The van der Waals surface area contributed by atoms with Crippen LogP contribution in [-0.4, -0.2) is 50.4 Å². The third-order valence-electron chi connectivity index (χ3n) is 7.29. The Morgan fingerprint density at radius 3 is 2.11 bits per heavy atom. The van der Waals surface area contributed by atoms with Gasteiger partial charge in [-0.05, 0) is 75.2 Å². The Balaban J connectivity index is 1.84. The maximum absolute atomic E-state index is 14.6. The summed E-state index contributed by atoms with van der Waals surface area (Å²) in [6.45, 7) is 7.13. The molecule has 0 fully saturated rings. The van der Waals surface area contributed by atoms with Gasteiger partial charge in [0.1, 0.15) is 18.3 Å². The molecule has 4 rings (SSSR count). The summed E-state index contributed by atoms with van der Waals surface area (Å²) in [7, 11) is -4.25. The molecule has 0 aliphatic carbocycles. The Hall–Kier alpha value is -4.34. The summed E-state index contributed by atoms with van der Waals surface area (Å²) in [5.41, 5.74) is 2.70. The first-order valence-corrected chi connectivity index (χ1v) is 17.0. The molecule has 0 aliphatic rings. The molecule has 0 heterocycles. The fourth-order valence-corrected chi connectivity index (χ4v) is 6.56. The van der Waals surface area contributed by atoms with E-state index in [1.54, 1.807) is 67.6 Å². The number of nitrogens with zero attached hydrogens (tertiary/aromatic N) is 2. The predicted octanol–water partition coefficient (Wildman–Crippen LogP) is 6.41. The van der Waals surface area contributed by atoms with E-state index >= 15 is 0 Å². The number of hydrogen-bond acceptors (Lipinski definition) is 5. The number of ether oxygens (including phenoxy) is 1. The lowest BCUT2D eigenvalue weighted by Gasteiger charge is -2.34. The molecule has 0 saturated heterocycles. The maximum Gasteiger partial charge on any atom is 0.264 e. The van der Waals surface area contributed by atoms with E-state index in [9.17, 15) is 18.0 Å². The van der Waals surface area contributed by atoms with Gasteiger partial charge in [0.2, 0.25) is 11.8 Å². The number of anilines is 1. The minimum absolute atomic E-state index is 0.0276. The number of para-hydroxylation sites is 2. The fraction of sp³-hybridized carbons (Fsp3) is 0.278. The number of carbonyl (C=O) groups is 2. The van der Waals surface area contributed by atoms with Crippen LogP contribution >= 0.6 is 11.6 Å². The molecule has 4 aromatic rings. The van der Waals surface area contributed by atoms with E-state index in [2.05, 4.69) is 5.32 Å². The average Bonchev–Trinajstić information content (AvgIpc) is 3.03. The van der Waals surface area contributed by atoms with E-state index in [4.69, 9.17) is 16.3 Å². The smallest absolute Gasteiger partial charge is 0.264 e. The second-order valence-electron chi connectivity index (χ2n) is 11.2. The summed E-state index contributed by atoms with van der Waals surface area (Å²) < 4.78 is 35.5. The van der Waals surface area contributed by atoms with Gasteiger partial charge in [-0.3, -0.25) is 13.9 Å². The van der Waals surface area contributed by atoms with Crippen molar-refractivity contribution in [3.05, 3.63) is 125 Å². The number of hydrogen-bond donors (Lipinski definition) is 1. The number of nitrogens with one attached hydrogen (secondary N) is 1. The van der Waals surface area contributed by atoms with Gasteiger partial charge < -0.3 is 15.0 Å². The molecule has 0 saturated carbocycles. The summed E-state index contributed by atoms with van der Waals surface area (Å²) in [6, 6.07) is 28.5. The van der Waals surface area contributed by atoms with Crippen LogP contribution in [0.4, 0.5) is 5.69 Å². The predicted molar refractivity (Wildman–Crippen MR) is 183 cm³/mol. The van der Waals surface area contributed by atoms with Gasteiger partial charge in [-0.15, -0.1) is 0 Å². The second-order valence-corrected chi connectivity index (χ2v) is 13.5. The van der Waals surface area contributed by atoms with Gasteiger partial charge in [0.05, 0.1) is 17.2 Å². The number of halogens is 1. The lowest BCUT2D eigenvalue weighted by atomic mass is 10.0. The van der Waals surface area contributed by atoms with Gasteiger partial charge in [0, 0.05) is 24.0 Å².